The molecule has 0 atom stereocenters. The summed E-state index contributed by atoms with van der Waals surface area (Å²) in [5.41, 5.74) is 4.02. The quantitative estimate of drug-likeness (QED) is 0.714. The number of hydrogen-bond donors (Lipinski definition) is 0. The van der Waals surface area contributed by atoms with Crippen LogP contribution in [0.2, 0.25) is 0 Å². The highest BCUT2D eigenvalue weighted by Crippen LogP contribution is 2.32. The van der Waals surface area contributed by atoms with Gasteiger partial charge in [0.1, 0.15) is 0 Å². The number of rotatable bonds is 2. The molecule has 0 amide bonds. The van der Waals surface area contributed by atoms with Gasteiger partial charge >= 0.3 is 0 Å². The van der Waals surface area contributed by atoms with Gasteiger partial charge in [0.25, 0.3) is 0 Å². The minimum Gasteiger partial charge on any atom is -0.0895 e. The normalized spacial score (nSPS) is 10.4. The maximum atomic E-state index is 2.23. The molecule has 0 bridgehead atoms. The molecule has 0 unspecified atom stereocenters. The monoisotopic (exact) mass is 228 g/mol. The zero-order valence-electron chi connectivity index (χ0n) is 9.95. The van der Waals surface area contributed by atoms with Crippen LogP contribution >= 0.6 is 11.8 Å². The van der Waals surface area contributed by atoms with E-state index in [0.29, 0.717) is 0 Å². The predicted molar refractivity (Wildman–Crippen MR) is 71.2 cm³/mol. The van der Waals surface area contributed by atoms with Crippen LogP contribution in [-0.2, 0) is 0 Å². The molecule has 0 aliphatic rings. The lowest BCUT2D eigenvalue weighted by Gasteiger charge is -2.09. The maximum absolute atomic E-state index is 2.23. The Hall–Kier alpha value is -1.21. The van der Waals surface area contributed by atoms with Crippen LogP contribution in [0.4, 0.5) is 0 Å². The van der Waals surface area contributed by atoms with Crippen LogP contribution in [0.5, 0.6) is 0 Å². The second kappa shape index (κ2) is 4.75. The molecular weight excluding hydrogens is 212 g/mol. The first-order valence-corrected chi connectivity index (χ1v) is 6.29. The van der Waals surface area contributed by atoms with Gasteiger partial charge in [-0.05, 0) is 44.0 Å². The molecule has 0 aliphatic heterocycles. The third kappa shape index (κ3) is 2.48. The smallest absolute Gasteiger partial charge is 0.0180 e. The van der Waals surface area contributed by atoms with E-state index in [1.807, 2.05) is 11.8 Å². The average molecular weight is 228 g/mol. The molecule has 0 saturated heterocycles. The molecule has 0 aliphatic carbocycles. The highest BCUT2D eigenvalue weighted by atomic mass is 32.2. The highest BCUT2D eigenvalue weighted by Gasteiger charge is 2.04. The summed E-state index contributed by atoms with van der Waals surface area (Å²) in [6.07, 6.45) is 0. The van der Waals surface area contributed by atoms with Crippen LogP contribution in [0.15, 0.2) is 52.3 Å². The number of benzene rings is 2. The summed E-state index contributed by atoms with van der Waals surface area (Å²) < 4.78 is 0. The molecule has 0 saturated carbocycles. The lowest BCUT2D eigenvalue weighted by atomic mass is 10.2. The Bertz CT molecular complexity index is 480. The van der Waals surface area contributed by atoms with E-state index >= 15 is 0 Å². The van der Waals surface area contributed by atoms with Crippen LogP contribution in [0, 0.1) is 20.8 Å². The molecule has 0 heterocycles. The fraction of sp³-hybridized carbons (Fsp3) is 0.200. The van der Waals surface area contributed by atoms with E-state index in [2.05, 4.69) is 63.2 Å². The van der Waals surface area contributed by atoms with Crippen molar-refractivity contribution >= 4 is 11.8 Å². The Morgan fingerprint density at radius 3 is 2.06 bits per heavy atom. The lowest BCUT2D eigenvalue weighted by molar-refractivity contribution is 1.21. The minimum atomic E-state index is 1.32. The first-order valence-electron chi connectivity index (χ1n) is 5.47. The van der Waals surface area contributed by atoms with Crippen molar-refractivity contribution in [3.8, 4) is 0 Å². The van der Waals surface area contributed by atoms with E-state index in [-0.39, 0.29) is 0 Å². The van der Waals surface area contributed by atoms with Crippen LogP contribution in [0.1, 0.15) is 16.7 Å². The molecule has 0 nitrogen and oxygen atoms in total. The zero-order chi connectivity index (χ0) is 11.5. The summed E-state index contributed by atoms with van der Waals surface area (Å²) in [4.78, 5) is 2.70. The first-order chi connectivity index (χ1) is 7.66. The van der Waals surface area contributed by atoms with Crippen LogP contribution in [0.25, 0.3) is 0 Å². The van der Waals surface area contributed by atoms with Gasteiger partial charge in [-0.15, -0.1) is 0 Å². The van der Waals surface area contributed by atoms with Crippen LogP contribution < -0.4 is 0 Å². The molecule has 0 fully saturated rings. The van der Waals surface area contributed by atoms with E-state index in [9.17, 15) is 0 Å². The molecule has 0 radical (unpaired) electrons. The molecule has 0 aromatic heterocycles. The summed E-state index contributed by atoms with van der Waals surface area (Å²) in [5, 5.41) is 0. The first kappa shape index (κ1) is 11.3. The summed E-state index contributed by atoms with van der Waals surface area (Å²) in [7, 11) is 0. The third-order valence-corrected chi connectivity index (χ3v) is 3.96. The van der Waals surface area contributed by atoms with E-state index in [4.69, 9.17) is 0 Å². The van der Waals surface area contributed by atoms with Crippen LogP contribution in [-0.4, -0.2) is 0 Å². The third-order valence-electron chi connectivity index (χ3n) is 2.62. The molecule has 0 N–H and O–H groups in total. The van der Waals surface area contributed by atoms with Gasteiger partial charge in [0.2, 0.25) is 0 Å². The van der Waals surface area contributed by atoms with Gasteiger partial charge in [0.05, 0.1) is 0 Å². The zero-order valence-corrected chi connectivity index (χ0v) is 10.8. The van der Waals surface area contributed by atoms with Crippen molar-refractivity contribution in [1.82, 2.24) is 0 Å². The van der Waals surface area contributed by atoms with Crippen molar-refractivity contribution in [3.05, 3.63) is 59.2 Å². The number of aryl methyl sites for hydroxylation is 3. The molecule has 2 rings (SSSR count). The van der Waals surface area contributed by atoms with Gasteiger partial charge < -0.3 is 0 Å². The Labute approximate surface area is 102 Å². The van der Waals surface area contributed by atoms with E-state index in [1.165, 1.54) is 26.5 Å². The molecule has 16 heavy (non-hydrogen) atoms. The van der Waals surface area contributed by atoms with Crippen molar-refractivity contribution in [2.75, 3.05) is 0 Å². The van der Waals surface area contributed by atoms with E-state index < -0.39 is 0 Å². The van der Waals surface area contributed by atoms with E-state index in [1.54, 1.807) is 0 Å². The standard InChI is InChI=1S/C15H16S/c1-11-6-4-9-14(10-11)16-15-12(2)7-5-8-13(15)3/h4-10H,1-3H3. The molecule has 1 heteroatoms. The van der Waals surface area contributed by atoms with Gasteiger partial charge in [-0.3, -0.25) is 0 Å². The Morgan fingerprint density at radius 2 is 1.44 bits per heavy atom. The van der Waals surface area contributed by atoms with Crippen molar-refractivity contribution in [2.45, 2.75) is 30.6 Å². The fourth-order valence-electron chi connectivity index (χ4n) is 1.76. The highest BCUT2D eigenvalue weighted by molar-refractivity contribution is 7.99. The predicted octanol–water partition coefficient (Wildman–Crippen LogP) is 4.76. The molecular formula is C15H16S. The SMILES string of the molecule is Cc1cccc(Sc2c(C)cccc2C)c1. The van der Waals surface area contributed by atoms with Gasteiger partial charge in [-0.25, -0.2) is 0 Å². The number of hydrogen-bond acceptors (Lipinski definition) is 1. The van der Waals surface area contributed by atoms with Gasteiger partial charge in [0, 0.05) is 9.79 Å². The second-order valence-corrected chi connectivity index (χ2v) is 5.22. The summed E-state index contributed by atoms with van der Waals surface area (Å²) >= 11 is 1.85. The molecule has 82 valence electrons. The van der Waals surface area contributed by atoms with Gasteiger partial charge in [-0.2, -0.15) is 0 Å². The van der Waals surface area contributed by atoms with Gasteiger partial charge in [0.15, 0.2) is 0 Å². The van der Waals surface area contributed by atoms with Crippen molar-refractivity contribution in [2.24, 2.45) is 0 Å². The Balaban J connectivity index is 2.34. The molecule has 2 aromatic carbocycles. The van der Waals surface area contributed by atoms with Crippen molar-refractivity contribution in [1.29, 1.82) is 0 Å². The lowest BCUT2D eigenvalue weighted by Crippen LogP contribution is -1.84. The summed E-state index contributed by atoms with van der Waals surface area (Å²) in [6.45, 7) is 6.48. The van der Waals surface area contributed by atoms with Crippen LogP contribution in [0.3, 0.4) is 0 Å². The largest absolute Gasteiger partial charge is 0.0895 e. The maximum Gasteiger partial charge on any atom is 0.0180 e. The fourth-order valence-corrected chi connectivity index (χ4v) is 2.84. The Morgan fingerprint density at radius 1 is 0.812 bits per heavy atom. The van der Waals surface area contributed by atoms with Crippen molar-refractivity contribution in [3.63, 3.8) is 0 Å². The second-order valence-electron chi connectivity index (χ2n) is 4.14. The molecule has 0 spiro atoms. The topological polar surface area (TPSA) is 0 Å². The van der Waals surface area contributed by atoms with E-state index in [0.717, 1.165) is 0 Å². The van der Waals surface area contributed by atoms with Gasteiger partial charge in [-0.1, -0.05) is 47.7 Å². The summed E-state index contributed by atoms with van der Waals surface area (Å²) in [5.74, 6) is 0. The Kier molecular flexibility index (Phi) is 3.35. The van der Waals surface area contributed by atoms with Crippen molar-refractivity contribution < 1.29 is 0 Å². The minimum absolute atomic E-state index is 1.32. The average Bonchev–Trinajstić information content (AvgIpc) is 2.24. The molecule has 2 aromatic rings. The summed E-state index contributed by atoms with van der Waals surface area (Å²) in [6, 6.07) is 15.1.